The highest BCUT2D eigenvalue weighted by Gasteiger charge is 2.48. The Hall–Kier alpha value is -1.41. The number of fused-ring (bicyclic) bond motifs is 1. The molecule has 2 amide bonds. The van der Waals surface area contributed by atoms with Gasteiger partial charge in [0.25, 0.3) is 0 Å². The van der Waals surface area contributed by atoms with Gasteiger partial charge in [-0.2, -0.15) is 0 Å². The van der Waals surface area contributed by atoms with E-state index in [1.54, 1.807) is 5.01 Å². The molecule has 11 nitrogen and oxygen atoms in total. The molecular weight excluding hydrogens is 465 g/mol. The van der Waals surface area contributed by atoms with E-state index in [4.69, 9.17) is 5.73 Å². The van der Waals surface area contributed by atoms with Crippen LogP contribution in [0.5, 0.6) is 0 Å². The molecule has 204 valence electrons. The second kappa shape index (κ2) is 11.1. The lowest BCUT2D eigenvalue weighted by Gasteiger charge is -2.47. The standard InChI is InChI=1S/C24H44FN9O2/c1-15-11-27-13-18(29-23(35)19-21(26)30-34-14-17(25)12-28-22(19)34)20(15)32-5-3-16(4-6-32)24(36)33-9-7-31(2)8-10-33/h15-22,27-28,30H,3-14,26H2,1-2H3,(H,29,35). The highest BCUT2D eigenvalue weighted by molar-refractivity contribution is 5.81. The molecule has 7 unspecified atom stereocenters. The van der Waals surface area contributed by atoms with Crippen molar-refractivity contribution in [3.05, 3.63) is 0 Å². The first-order valence-corrected chi connectivity index (χ1v) is 13.7. The molecule has 7 atom stereocenters. The highest BCUT2D eigenvalue weighted by Crippen LogP contribution is 2.28. The third-order valence-electron chi connectivity index (χ3n) is 8.89. The summed E-state index contributed by atoms with van der Waals surface area (Å²) in [4.78, 5) is 33.3. The maximum absolute atomic E-state index is 13.8. The molecule has 5 aliphatic rings. The van der Waals surface area contributed by atoms with Crippen LogP contribution in [0, 0.1) is 17.8 Å². The van der Waals surface area contributed by atoms with Crippen LogP contribution >= 0.6 is 0 Å². The Morgan fingerprint density at radius 3 is 2.47 bits per heavy atom. The number of hydrogen-bond acceptors (Lipinski definition) is 9. The number of halogens is 1. The molecule has 5 rings (SSSR count). The highest BCUT2D eigenvalue weighted by atomic mass is 19.1. The van der Waals surface area contributed by atoms with Crippen molar-refractivity contribution in [3.8, 4) is 0 Å². The van der Waals surface area contributed by atoms with E-state index in [1.165, 1.54) is 0 Å². The van der Waals surface area contributed by atoms with Crippen molar-refractivity contribution in [2.24, 2.45) is 23.5 Å². The first-order chi connectivity index (χ1) is 17.3. The summed E-state index contributed by atoms with van der Waals surface area (Å²) < 4.78 is 13.8. The van der Waals surface area contributed by atoms with Crippen LogP contribution in [0.1, 0.15) is 19.8 Å². The van der Waals surface area contributed by atoms with Crippen molar-refractivity contribution >= 4 is 11.8 Å². The van der Waals surface area contributed by atoms with Gasteiger partial charge < -0.3 is 26.2 Å². The molecular formula is C24H44FN9O2. The third-order valence-corrected chi connectivity index (χ3v) is 8.89. The number of nitrogens with two attached hydrogens (primary N) is 1. The number of nitrogens with one attached hydrogen (secondary N) is 4. The summed E-state index contributed by atoms with van der Waals surface area (Å²) in [5.74, 6) is 0.176. The van der Waals surface area contributed by atoms with Crippen LogP contribution in [0.15, 0.2) is 0 Å². The van der Waals surface area contributed by atoms with Crippen molar-refractivity contribution < 1.29 is 14.0 Å². The van der Waals surface area contributed by atoms with Gasteiger partial charge in [0.1, 0.15) is 6.17 Å². The normalized spacial score (nSPS) is 39.7. The number of rotatable bonds is 4. The average Bonchev–Trinajstić information content (AvgIpc) is 3.19. The molecule has 0 aromatic carbocycles. The largest absolute Gasteiger partial charge is 0.350 e. The smallest absolute Gasteiger partial charge is 0.229 e. The van der Waals surface area contributed by atoms with E-state index in [0.29, 0.717) is 18.4 Å². The van der Waals surface area contributed by atoms with Crippen LogP contribution in [0.3, 0.4) is 0 Å². The number of carbonyl (C=O) groups is 2. The zero-order valence-electron chi connectivity index (χ0n) is 21.7. The molecule has 5 fully saturated rings. The molecule has 5 heterocycles. The van der Waals surface area contributed by atoms with Crippen LogP contribution < -0.4 is 27.1 Å². The Morgan fingerprint density at radius 2 is 1.75 bits per heavy atom. The molecule has 5 aliphatic heterocycles. The lowest BCUT2D eigenvalue weighted by Crippen LogP contribution is -2.66. The molecule has 0 spiro atoms. The maximum atomic E-state index is 13.8. The fourth-order valence-electron chi connectivity index (χ4n) is 6.84. The number of piperazine rings is 1. The molecule has 12 heteroatoms. The van der Waals surface area contributed by atoms with Gasteiger partial charge in [-0.05, 0) is 45.4 Å². The SMILES string of the molecule is CC1CNCC(NC(=O)C2C(N)NN3CC(F)CNC23)C1N1CCC(C(=O)N2CCN(C)CC2)CC1. The van der Waals surface area contributed by atoms with E-state index in [1.807, 2.05) is 4.90 Å². The van der Waals surface area contributed by atoms with Gasteiger partial charge in [0.15, 0.2) is 0 Å². The van der Waals surface area contributed by atoms with Gasteiger partial charge in [-0.3, -0.25) is 19.8 Å². The first kappa shape index (κ1) is 26.2. The predicted octanol–water partition coefficient (Wildman–Crippen LogP) is -2.45. The summed E-state index contributed by atoms with van der Waals surface area (Å²) in [6, 6.07) is 0.149. The van der Waals surface area contributed by atoms with Gasteiger partial charge in [0, 0.05) is 57.8 Å². The minimum Gasteiger partial charge on any atom is -0.350 e. The second-order valence-corrected chi connectivity index (χ2v) is 11.5. The number of likely N-dealkylation sites (tertiary alicyclic amines) is 1. The number of hydrogen-bond donors (Lipinski definition) is 5. The minimum atomic E-state index is -0.985. The number of nitrogens with zero attached hydrogens (tertiary/aromatic N) is 4. The number of carbonyl (C=O) groups excluding carboxylic acids is 2. The van der Waals surface area contributed by atoms with E-state index in [0.717, 1.165) is 58.7 Å². The first-order valence-electron chi connectivity index (χ1n) is 13.7. The van der Waals surface area contributed by atoms with Gasteiger partial charge in [-0.1, -0.05) is 6.92 Å². The molecule has 0 bridgehead atoms. The quantitative estimate of drug-likeness (QED) is 0.281. The Balaban J connectivity index is 1.18. The zero-order chi connectivity index (χ0) is 25.4. The minimum absolute atomic E-state index is 0.0510. The summed E-state index contributed by atoms with van der Waals surface area (Å²) in [6.07, 6.45) is -0.120. The van der Waals surface area contributed by atoms with Crippen molar-refractivity contribution in [2.45, 2.75) is 50.4 Å². The summed E-state index contributed by atoms with van der Waals surface area (Å²) >= 11 is 0. The third kappa shape index (κ3) is 5.40. The number of amides is 2. The number of alkyl halides is 1. The molecule has 0 aromatic rings. The molecule has 36 heavy (non-hydrogen) atoms. The second-order valence-electron chi connectivity index (χ2n) is 11.5. The van der Waals surface area contributed by atoms with Gasteiger partial charge >= 0.3 is 0 Å². The molecule has 0 aromatic heterocycles. The Kier molecular flexibility index (Phi) is 8.11. The van der Waals surface area contributed by atoms with Crippen LogP contribution in [0.2, 0.25) is 0 Å². The van der Waals surface area contributed by atoms with E-state index in [9.17, 15) is 14.0 Å². The monoisotopic (exact) mass is 509 g/mol. The summed E-state index contributed by atoms with van der Waals surface area (Å²) in [5, 5.41) is 11.6. The fraction of sp³-hybridized carbons (Fsp3) is 0.917. The van der Waals surface area contributed by atoms with Crippen molar-refractivity contribution in [2.75, 3.05) is 72.5 Å². The Morgan fingerprint density at radius 1 is 1.03 bits per heavy atom. The van der Waals surface area contributed by atoms with E-state index in [-0.39, 0.29) is 43.2 Å². The van der Waals surface area contributed by atoms with Crippen LogP contribution in [-0.4, -0.2) is 135 Å². The zero-order valence-corrected chi connectivity index (χ0v) is 21.7. The molecule has 5 saturated heterocycles. The topological polar surface area (TPSA) is 121 Å². The molecule has 0 aliphatic carbocycles. The summed E-state index contributed by atoms with van der Waals surface area (Å²) in [6.45, 7) is 9.56. The number of piperidine rings is 2. The summed E-state index contributed by atoms with van der Waals surface area (Å²) in [5.41, 5.74) is 9.33. The van der Waals surface area contributed by atoms with E-state index >= 15 is 0 Å². The summed E-state index contributed by atoms with van der Waals surface area (Å²) in [7, 11) is 2.10. The van der Waals surface area contributed by atoms with Crippen molar-refractivity contribution in [1.82, 2.24) is 41.1 Å². The van der Waals surface area contributed by atoms with Crippen molar-refractivity contribution in [1.29, 1.82) is 0 Å². The molecule has 6 N–H and O–H groups in total. The van der Waals surface area contributed by atoms with E-state index in [2.05, 4.69) is 45.1 Å². The Bertz CT molecular complexity index is 790. The molecule has 0 radical (unpaired) electrons. The van der Waals surface area contributed by atoms with Crippen molar-refractivity contribution in [3.63, 3.8) is 0 Å². The Labute approximate surface area is 213 Å². The maximum Gasteiger partial charge on any atom is 0.229 e. The van der Waals surface area contributed by atoms with Gasteiger partial charge in [-0.15, -0.1) is 0 Å². The lowest BCUT2D eigenvalue weighted by molar-refractivity contribution is -0.139. The van der Waals surface area contributed by atoms with Gasteiger partial charge in [0.05, 0.1) is 24.3 Å². The average molecular weight is 510 g/mol. The lowest BCUT2D eigenvalue weighted by atomic mass is 9.85. The van der Waals surface area contributed by atoms with Crippen LogP contribution in [-0.2, 0) is 9.59 Å². The fourth-order valence-corrected chi connectivity index (χ4v) is 6.84. The van der Waals surface area contributed by atoms with Crippen LogP contribution in [0.25, 0.3) is 0 Å². The van der Waals surface area contributed by atoms with Crippen LogP contribution in [0.4, 0.5) is 4.39 Å². The number of hydrazine groups is 1. The van der Waals surface area contributed by atoms with E-state index < -0.39 is 18.3 Å². The van der Waals surface area contributed by atoms with Gasteiger partial charge in [0.2, 0.25) is 11.8 Å². The number of likely N-dealkylation sites (N-methyl/N-ethyl adjacent to an activating group) is 1. The van der Waals surface area contributed by atoms with Gasteiger partial charge in [-0.25, -0.2) is 14.8 Å². The predicted molar refractivity (Wildman–Crippen MR) is 134 cm³/mol. The molecule has 0 saturated carbocycles.